The van der Waals surface area contributed by atoms with Crippen molar-refractivity contribution in [1.29, 1.82) is 0 Å². The van der Waals surface area contributed by atoms with Crippen molar-refractivity contribution in [2.45, 2.75) is 6.92 Å². The molecule has 0 radical (unpaired) electrons. The van der Waals surface area contributed by atoms with Crippen LogP contribution >= 0.6 is 0 Å². The monoisotopic (exact) mass is 469 g/mol. The lowest BCUT2D eigenvalue weighted by Gasteiger charge is -2.14. The molecule has 176 valence electrons. The van der Waals surface area contributed by atoms with Crippen LogP contribution in [-0.2, 0) is 7.05 Å². The molecule has 4 aromatic rings. The largest absolute Gasteiger partial charge is 0.496 e. The first-order valence-electron chi connectivity index (χ1n) is 11.0. The number of Topliss-reactive ketones (excluding diaryl/α,β-unsaturated/α-hetero) is 1. The highest BCUT2D eigenvalue weighted by atomic mass is 16.5. The van der Waals surface area contributed by atoms with Crippen LogP contribution in [0.15, 0.2) is 66.6 Å². The number of hydrogen-bond donors (Lipinski definition) is 0. The minimum atomic E-state index is -0.641. The maximum atomic E-state index is 13.1. The van der Waals surface area contributed by atoms with Crippen LogP contribution in [0.1, 0.15) is 31.8 Å². The normalized spacial score (nSPS) is 13.6. The molecule has 0 aliphatic carbocycles. The number of carbonyl (C=O) groups is 2. The smallest absolute Gasteiger partial charge is 0.351 e. The summed E-state index contributed by atoms with van der Waals surface area (Å²) in [4.78, 5) is 26.1. The van der Waals surface area contributed by atoms with Crippen molar-refractivity contribution in [3.63, 3.8) is 0 Å². The highest BCUT2D eigenvalue weighted by Gasteiger charge is 2.31. The van der Waals surface area contributed by atoms with Gasteiger partial charge in [-0.25, -0.2) is 4.79 Å². The zero-order valence-electron chi connectivity index (χ0n) is 19.7. The summed E-state index contributed by atoms with van der Waals surface area (Å²) in [5.41, 5.74) is 3.07. The lowest BCUT2D eigenvalue weighted by molar-refractivity contribution is 0.0726. The number of ether oxygens (including phenoxy) is 4. The molecule has 1 aromatic heterocycles. The summed E-state index contributed by atoms with van der Waals surface area (Å²) >= 11 is 0. The van der Waals surface area contributed by atoms with Crippen LogP contribution < -0.4 is 18.9 Å². The van der Waals surface area contributed by atoms with Gasteiger partial charge in [-0.1, -0.05) is 24.3 Å². The Kier molecular flexibility index (Phi) is 5.53. The predicted molar refractivity (Wildman–Crippen MR) is 132 cm³/mol. The standard InChI is InChI=1S/C28H23NO6/c1-16-21(35-28(31)25-22(32-3)10-7-11-23(25)33-4)13-12-19-26(30)24(34-27(16)19)14-17-15-29(2)20-9-6-5-8-18(17)20/h5-15H,1-4H3/b24-14-. The Labute approximate surface area is 202 Å². The number of allylic oxidation sites excluding steroid dienone is 1. The van der Waals surface area contributed by atoms with Gasteiger partial charge >= 0.3 is 5.97 Å². The van der Waals surface area contributed by atoms with Gasteiger partial charge in [-0.3, -0.25) is 4.79 Å². The maximum Gasteiger partial charge on any atom is 0.351 e. The molecule has 0 amide bonds. The summed E-state index contributed by atoms with van der Waals surface area (Å²) in [6, 6.07) is 16.2. The van der Waals surface area contributed by atoms with Crippen LogP contribution in [0.2, 0.25) is 0 Å². The van der Waals surface area contributed by atoms with Gasteiger partial charge in [0.05, 0.1) is 19.8 Å². The van der Waals surface area contributed by atoms with E-state index in [2.05, 4.69) is 0 Å². The Morgan fingerprint density at radius 1 is 0.943 bits per heavy atom. The van der Waals surface area contributed by atoms with Gasteiger partial charge < -0.3 is 23.5 Å². The maximum absolute atomic E-state index is 13.1. The third-order valence-electron chi connectivity index (χ3n) is 6.09. The van der Waals surface area contributed by atoms with Crippen molar-refractivity contribution in [2.24, 2.45) is 7.05 Å². The zero-order chi connectivity index (χ0) is 24.7. The molecule has 0 unspecified atom stereocenters. The number of ketones is 1. The molecular formula is C28H23NO6. The van der Waals surface area contributed by atoms with E-state index in [4.69, 9.17) is 18.9 Å². The van der Waals surface area contributed by atoms with Crippen molar-refractivity contribution in [1.82, 2.24) is 4.57 Å². The van der Waals surface area contributed by atoms with Crippen molar-refractivity contribution < 1.29 is 28.5 Å². The van der Waals surface area contributed by atoms with Gasteiger partial charge in [0.25, 0.3) is 0 Å². The van der Waals surface area contributed by atoms with Crippen LogP contribution in [0.5, 0.6) is 23.0 Å². The van der Waals surface area contributed by atoms with E-state index in [1.165, 1.54) is 14.2 Å². The number of benzene rings is 3. The molecule has 0 fully saturated rings. The number of aromatic nitrogens is 1. The molecule has 35 heavy (non-hydrogen) atoms. The van der Waals surface area contributed by atoms with Crippen LogP contribution in [0.25, 0.3) is 17.0 Å². The Morgan fingerprint density at radius 3 is 2.37 bits per heavy atom. The molecule has 0 saturated carbocycles. The molecule has 5 rings (SSSR count). The number of nitrogens with zero attached hydrogens (tertiary/aromatic N) is 1. The number of hydrogen-bond acceptors (Lipinski definition) is 6. The molecular weight excluding hydrogens is 446 g/mol. The highest BCUT2D eigenvalue weighted by molar-refractivity contribution is 6.15. The fraction of sp³-hybridized carbons (Fsp3) is 0.143. The van der Waals surface area contributed by atoms with Crippen LogP contribution in [0.3, 0.4) is 0 Å². The summed E-state index contributed by atoms with van der Waals surface area (Å²) < 4.78 is 24.3. The van der Waals surface area contributed by atoms with Gasteiger partial charge in [0.1, 0.15) is 28.6 Å². The average Bonchev–Trinajstić information content (AvgIpc) is 3.37. The Hall–Kier alpha value is -4.52. The number of rotatable bonds is 5. The van der Waals surface area contributed by atoms with E-state index in [1.807, 2.05) is 42.1 Å². The number of carbonyl (C=O) groups excluding carboxylic acids is 2. The predicted octanol–water partition coefficient (Wildman–Crippen LogP) is 5.34. The van der Waals surface area contributed by atoms with Gasteiger partial charge in [-0.05, 0) is 43.3 Å². The van der Waals surface area contributed by atoms with Gasteiger partial charge in [-0.15, -0.1) is 0 Å². The van der Waals surface area contributed by atoms with Crippen molar-refractivity contribution in [3.8, 4) is 23.0 Å². The topological polar surface area (TPSA) is 76.0 Å². The summed E-state index contributed by atoms with van der Waals surface area (Å²) in [5, 5.41) is 1.02. The number of para-hydroxylation sites is 1. The van der Waals surface area contributed by atoms with Gasteiger partial charge in [0, 0.05) is 35.3 Å². The molecule has 0 saturated heterocycles. The van der Waals surface area contributed by atoms with Gasteiger partial charge in [-0.2, -0.15) is 0 Å². The first-order chi connectivity index (χ1) is 16.9. The molecule has 0 spiro atoms. The number of esters is 1. The molecule has 0 atom stereocenters. The quantitative estimate of drug-likeness (QED) is 0.223. The molecule has 7 nitrogen and oxygen atoms in total. The van der Waals surface area contributed by atoms with Crippen molar-refractivity contribution in [2.75, 3.05) is 14.2 Å². The van der Waals surface area contributed by atoms with E-state index < -0.39 is 5.97 Å². The fourth-order valence-electron chi connectivity index (χ4n) is 4.31. The van der Waals surface area contributed by atoms with Gasteiger partial charge in [0.15, 0.2) is 5.76 Å². The first kappa shape index (κ1) is 22.3. The van der Waals surface area contributed by atoms with Gasteiger partial charge in [0.2, 0.25) is 5.78 Å². The van der Waals surface area contributed by atoms with Crippen LogP contribution in [-0.4, -0.2) is 30.5 Å². The molecule has 3 aromatic carbocycles. The molecule has 0 N–H and O–H groups in total. The van der Waals surface area contributed by atoms with Crippen LogP contribution in [0.4, 0.5) is 0 Å². The molecule has 0 bridgehead atoms. The first-order valence-corrected chi connectivity index (χ1v) is 11.0. The Bertz CT molecular complexity index is 1510. The number of aryl methyl sites for hydroxylation is 1. The second kappa shape index (κ2) is 8.68. The van der Waals surface area contributed by atoms with E-state index >= 15 is 0 Å². The van der Waals surface area contributed by atoms with Crippen molar-refractivity contribution in [3.05, 3.63) is 88.8 Å². The summed E-state index contributed by atoms with van der Waals surface area (Å²) in [7, 11) is 4.89. The third-order valence-corrected chi connectivity index (χ3v) is 6.09. The van der Waals surface area contributed by atoms with Crippen molar-refractivity contribution >= 4 is 28.7 Å². The zero-order valence-corrected chi connectivity index (χ0v) is 19.7. The molecule has 2 heterocycles. The second-order valence-corrected chi connectivity index (χ2v) is 8.14. The highest BCUT2D eigenvalue weighted by Crippen LogP contribution is 2.40. The lowest BCUT2D eigenvalue weighted by atomic mass is 10.1. The van der Waals surface area contributed by atoms with E-state index in [9.17, 15) is 9.59 Å². The molecule has 7 heteroatoms. The Balaban J connectivity index is 1.47. The van der Waals surface area contributed by atoms with E-state index in [-0.39, 0.29) is 22.9 Å². The average molecular weight is 469 g/mol. The fourth-order valence-corrected chi connectivity index (χ4v) is 4.31. The van der Waals surface area contributed by atoms with E-state index in [0.717, 1.165) is 16.5 Å². The Morgan fingerprint density at radius 2 is 1.66 bits per heavy atom. The summed E-state index contributed by atoms with van der Waals surface area (Å²) in [5.74, 6) is 0.673. The van der Waals surface area contributed by atoms with E-state index in [0.29, 0.717) is 28.4 Å². The molecule has 1 aliphatic heterocycles. The number of fused-ring (bicyclic) bond motifs is 2. The summed E-state index contributed by atoms with van der Waals surface area (Å²) in [6.07, 6.45) is 3.70. The minimum absolute atomic E-state index is 0.172. The number of methoxy groups -OCH3 is 2. The molecule has 1 aliphatic rings. The minimum Gasteiger partial charge on any atom is -0.496 e. The SMILES string of the molecule is COc1cccc(OC)c1C(=O)Oc1ccc2c(c1C)O/C(=C\c1cn(C)c3ccccc13)C2=O. The van der Waals surface area contributed by atoms with Crippen LogP contribution in [0, 0.1) is 6.92 Å². The lowest BCUT2D eigenvalue weighted by Crippen LogP contribution is -2.12. The van der Waals surface area contributed by atoms with E-state index in [1.54, 1.807) is 43.3 Å². The second-order valence-electron chi connectivity index (χ2n) is 8.14. The summed E-state index contributed by atoms with van der Waals surface area (Å²) in [6.45, 7) is 1.75. The third kappa shape index (κ3) is 3.71.